The quantitative estimate of drug-likeness (QED) is 0.799. The number of hydrogen-bond acceptors (Lipinski definition) is 3. The maximum atomic E-state index is 12.4. The van der Waals surface area contributed by atoms with Crippen molar-refractivity contribution in [3.63, 3.8) is 0 Å². The number of ether oxygens (including phenoxy) is 1. The van der Waals surface area contributed by atoms with E-state index in [4.69, 9.17) is 4.74 Å². The van der Waals surface area contributed by atoms with Gasteiger partial charge in [-0.3, -0.25) is 4.79 Å². The minimum Gasteiger partial charge on any atom is -0.493 e. The minimum absolute atomic E-state index is 0.181. The Labute approximate surface area is 150 Å². The highest BCUT2D eigenvalue weighted by Gasteiger charge is 2.34. The molecule has 1 aromatic rings. The predicted molar refractivity (Wildman–Crippen MR) is 98.5 cm³/mol. The highest BCUT2D eigenvalue weighted by molar-refractivity contribution is 5.76. The van der Waals surface area contributed by atoms with Gasteiger partial charge in [0.15, 0.2) is 0 Å². The molecule has 2 N–H and O–H groups in total. The Bertz CT molecular complexity index is 614. The maximum Gasteiger partial charge on any atom is 0.220 e. The van der Waals surface area contributed by atoms with Crippen LogP contribution in [0.1, 0.15) is 56.1 Å². The Morgan fingerprint density at radius 3 is 2.64 bits per heavy atom. The molecule has 2 aliphatic heterocycles. The zero-order chi connectivity index (χ0) is 17.2. The van der Waals surface area contributed by atoms with E-state index in [-0.39, 0.29) is 5.91 Å². The van der Waals surface area contributed by atoms with Gasteiger partial charge in [0.05, 0.1) is 6.61 Å². The monoisotopic (exact) mass is 342 g/mol. The summed E-state index contributed by atoms with van der Waals surface area (Å²) < 4.78 is 6.00. The molecule has 2 bridgehead atoms. The summed E-state index contributed by atoms with van der Waals surface area (Å²) in [6.45, 7) is 3.46. The largest absolute Gasteiger partial charge is 0.493 e. The maximum absolute atomic E-state index is 12.4. The van der Waals surface area contributed by atoms with Crippen LogP contribution in [0.15, 0.2) is 18.2 Å². The highest BCUT2D eigenvalue weighted by Crippen LogP contribution is 2.33. The molecule has 3 fully saturated rings. The van der Waals surface area contributed by atoms with Crippen LogP contribution < -0.4 is 15.4 Å². The van der Waals surface area contributed by atoms with Crippen LogP contribution in [-0.2, 0) is 11.3 Å². The Hall–Kier alpha value is -1.55. The molecular formula is C21H30N2O2. The second-order valence-corrected chi connectivity index (χ2v) is 8.32. The number of carbonyl (C=O) groups is 1. The van der Waals surface area contributed by atoms with Crippen molar-refractivity contribution in [3.8, 4) is 5.75 Å². The second-order valence-electron chi connectivity index (χ2n) is 8.32. The number of fused-ring (bicyclic) bond motifs is 2. The lowest BCUT2D eigenvalue weighted by atomic mass is 9.89. The molecule has 4 heteroatoms. The first-order valence-corrected chi connectivity index (χ1v) is 9.91. The van der Waals surface area contributed by atoms with Crippen molar-refractivity contribution in [2.75, 3.05) is 6.61 Å². The van der Waals surface area contributed by atoms with E-state index in [1.54, 1.807) is 0 Å². The molecule has 4 rings (SSSR count). The third-order valence-corrected chi connectivity index (χ3v) is 5.91. The van der Waals surface area contributed by atoms with Gasteiger partial charge in [0, 0.05) is 30.6 Å². The standard InChI is InChI=1S/C21H30N2O2/c1-14-2-5-17(20(8-14)25-13-15-3-4-15)12-22-21(24)11-16-9-18-6-7-19(10-16)23-18/h2,5,8,15-16,18-19,23H,3-4,6-7,9-13H2,1H3,(H,22,24). The Kier molecular flexibility index (Phi) is 4.98. The van der Waals surface area contributed by atoms with Crippen molar-refractivity contribution in [1.29, 1.82) is 0 Å². The molecule has 136 valence electrons. The van der Waals surface area contributed by atoms with Gasteiger partial charge in [0.1, 0.15) is 5.75 Å². The number of piperidine rings is 1. The summed E-state index contributed by atoms with van der Waals surface area (Å²) in [5.41, 5.74) is 2.29. The lowest BCUT2D eigenvalue weighted by Crippen LogP contribution is -2.39. The molecule has 2 atom stereocenters. The molecule has 2 heterocycles. The molecule has 4 nitrogen and oxygen atoms in total. The molecular weight excluding hydrogens is 312 g/mol. The summed E-state index contributed by atoms with van der Waals surface area (Å²) >= 11 is 0. The van der Waals surface area contributed by atoms with Crippen LogP contribution in [-0.4, -0.2) is 24.6 Å². The van der Waals surface area contributed by atoms with Crippen molar-refractivity contribution in [2.24, 2.45) is 11.8 Å². The number of carbonyl (C=O) groups excluding carboxylic acids is 1. The van der Waals surface area contributed by atoms with Gasteiger partial charge in [0.25, 0.3) is 0 Å². The van der Waals surface area contributed by atoms with Gasteiger partial charge < -0.3 is 15.4 Å². The summed E-state index contributed by atoms with van der Waals surface area (Å²) in [5.74, 6) is 2.40. The van der Waals surface area contributed by atoms with Crippen molar-refractivity contribution in [3.05, 3.63) is 29.3 Å². The molecule has 0 spiro atoms. The number of hydrogen-bond donors (Lipinski definition) is 2. The average Bonchev–Trinajstić information content (AvgIpc) is 3.36. The average molecular weight is 342 g/mol. The van der Waals surface area contributed by atoms with E-state index in [9.17, 15) is 4.79 Å². The lowest BCUT2D eigenvalue weighted by molar-refractivity contribution is -0.122. The summed E-state index contributed by atoms with van der Waals surface area (Å²) in [6, 6.07) is 7.57. The molecule has 2 unspecified atom stereocenters. The van der Waals surface area contributed by atoms with Crippen molar-refractivity contribution < 1.29 is 9.53 Å². The van der Waals surface area contributed by atoms with E-state index in [2.05, 4.69) is 35.8 Å². The smallest absolute Gasteiger partial charge is 0.220 e. The summed E-state index contributed by atoms with van der Waals surface area (Å²) in [7, 11) is 0. The van der Waals surface area contributed by atoms with Crippen LogP contribution >= 0.6 is 0 Å². The van der Waals surface area contributed by atoms with Gasteiger partial charge in [-0.15, -0.1) is 0 Å². The van der Waals surface area contributed by atoms with Crippen LogP contribution in [0, 0.1) is 18.8 Å². The van der Waals surface area contributed by atoms with Crippen LogP contribution in [0.2, 0.25) is 0 Å². The SMILES string of the molecule is Cc1ccc(CNC(=O)CC2CC3CCC(C2)N3)c(OCC2CC2)c1. The zero-order valence-corrected chi connectivity index (χ0v) is 15.2. The molecule has 1 saturated carbocycles. The van der Waals surface area contributed by atoms with E-state index in [0.717, 1.165) is 36.7 Å². The van der Waals surface area contributed by atoms with Gasteiger partial charge in [-0.2, -0.15) is 0 Å². The Morgan fingerprint density at radius 2 is 1.92 bits per heavy atom. The van der Waals surface area contributed by atoms with Crippen molar-refractivity contribution in [2.45, 2.75) is 70.5 Å². The first-order chi connectivity index (χ1) is 12.2. The van der Waals surface area contributed by atoms with Crippen LogP contribution in [0.4, 0.5) is 0 Å². The molecule has 0 radical (unpaired) electrons. The topological polar surface area (TPSA) is 50.4 Å². The highest BCUT2D eigenvalue weighted by atomic mass is 16.5. The van der Waals surface area contributed by atoms with Crippen molar-refractivity contribution >= 4 is 5.91 Å². The van der Waals surface area contributed by atoms with E-state index in [1.165, 1.54) is 31.2 Å². The van der Waals surface area contributed by atoms with Gasteiger partial charge in [-0.05, 0) is 68.9 Å². The lowest BCUT2D eigenvalue weighted by Gasteiger charge is -2.28. The van der Waals surface area contributed by atoms with Gasteiger partial charge in [-0.1, -0.05) is 12.1 Å². The third kappa shape index (κ3) is 4.55. The number of amides is 1. The van der Waals surface area contributed by atoms with E-state index in [0.29, 0.717) is 31.0 Å². The summed E-state index contributed by atoms with van der Waals surface area (Å²) in [4.78, 5) is 12.4. The van der Waals surface area contributed by atoms with E-state index < -0.39 is 0 Å². The van der Waals surface area contributed by atoms with Gasteiger partial charge in [-0.25, -0.2) is 0 Å². The molecule has 0 aromatic heterocycles. The second kappa shape index (κ2) is 7.36. The van der Waals surface area contributed by atoms with Crippen LogP contribution in [0.25, 0.3) is 0 Å². The van der Waals surface area contributed by atoms with Crippen LogP contribution in [0.3, 0.4) is 0 Å². The fraction of sp³-hybridized carbons (Fsp3) is 0.667. The molecule has 2 saturated heterocycles. The van der Waals surface area contributed by atoms with E-state index >= 15 is 0 Å². The van der Waals surface area contributed by atoms with Gasteiger partial charge >= 0.3 is 0 Å². The number of aryl methyl sites for hydroxylation is 1. The first kappa shape index (κ1) is 16.9. The number of nitrogens with one attached hydrogen (secondary N) is 2. The number of benzene rings is 1. The summed E-state index contributed by atoms with van der Waals surface area (Å²) in [5, 5.41) is 6.76. The molecule has 1 amide bonds. The Balaban J connectivity index is 1.28. The molecule has 1 aliphatic carbocycles. The summed E-state index contributed by atoms with van der Waals surface area (Å²) in [6.07, 6.45) is 8.13. The predicted octanol–water partition coefficient (Wildman–Crippen LogP) is 3.32. The van der Waals surface area contributed by atoms with E-state index in [1.807, 2.05) is 0 Å². The third-order valence-electron chi connectivity index (χ3n) is 5.91. The molecule has 25 heavy (non-hydrogen) atoms. The number of rotatable bonds is 7. The first-order valence-electron chi connectivity index (χ1n) is 9.91. The zero-order valence-electron chi connectivity index (χ0n) is 15.2. The van der Waals surface area contributed by atoms with Crippen LogP contribution in [0.5, 0.6) is 5.75 Å². The van der Waals surface area contributed by atoms with Crippen molar-refractivity contribution in [1.82, 2.24) is 10.6 Å². The van der Waals surface area contributed by atoms with Gasteiger partial charge in [0.2, 0.25) is 5.91 Å². The fourth-order valence-corrected chi connectivity index (χ4v) is 4.30. The fourth-order valence-electron chi connectivity index (χ4n) is 4.30. The molecule has 3 aliphatic rings. The molecule has 1 aromatic carbocycles. The Morgan fingerprint density at radius 1 is 1.16 bits per heavy atom. The normalized spacial score (nSPS) is 28.0. The minimum atomic E-state index is 0.181.